The SMILES string of the molecule is Cc1ccc(Cl)c(S(=O)(=O)N2C[C@@H](C(F)(F)F)[C@H](C(=O)O)C2)c1. The lowest BCUT2D eigenvalue weighted by molar-refractivity contribution is -0.187. The third kappa shape index (κ3) is 3.46. The molecule has 0 bridgehead atoms. The lowest BCUT2D eigenvalue weighted by Gasteiger charge is -2.19. The number of aliphatic carboxylic acids is 1. The first-order chi connectivity index (χ1) is 10.4. The van der Waals surface area contributed by atoms with E-state index in [9.17, 15) is 26.4 Å². The summed E-state index contributed by atoms with van der Waals surface area (Å²) in [5.74, 6) is -5.77. The Kier molecular flexibility index (Phi) is 4.67. The molecule has 2 rings (SSSR count). The van der Waals surface area contributed by atoms with Crippen molar-refractivity contribution in [2.75, 3.05) is 13.1 Å². The molecule has 1 saturated heterocycles. The molecule has 5 nitrogen and oxygen atoms in total. The van der Waals surface area contributed by atoms with E-state index < -0.39 is 47.1 Å². The number of halogens is 4. The van der Waals surface area contributed by atoms with E-state index in [0.29, 0.717) is 9.87 Å². The quantitative estimate of drug-likeness (QED) is 0.886. The van der Waals surface area contributed by atoms with E-state index >= 15 is 0 Å². The fraction of sp³-hybridized carbons (Fsp3) is 0.462. The summed E-state index contributed by atoms with van der Waals surface area (Å²) < 4.78 is 64.5. The van der Waals surface area contributed by atoms with E-state index in [-0.39, 0.29) is 9.92 Å². The van der Waals surface area contributed by atoms with Crippen LogP contribution in [0.5, 0.6) is 0 Å². The zero-order valence-corrected chi connectivity index (χ0v) is 13.4. The van der Waals surface area contributed by atoms with Gasteiger partial charge < -0.3 is 5.11 Å². The van der Waals surface area contributed by atoms with Gasteiger partial charge in [0.1, 0.15) is 4.90 Å². The predicted molar refractivity (Wildman–Crippen MR) is 75.6 cm³/mol. The van der Waals surface area contributed by atoms with Gasteiger partial charge in [0.2, 0.25) is 10.0 Å². The highest BCUT2D eigenvalue weighted by atomic mass is 35.5. The second-order valence-corrected chi connectivity index (χ2v) is 7.66. The molecule has 0 spiro atoms. The van der Waals surface area contributed by atoms with Gasteiger partial charge in [-0.25, -0.2) is 8.42 Å². The Morgan fingerprint density at radius 2 is 1.96 bits per heavy atom. The molecule has 0 aromatic heterocycles. The van der Waals surface area contributed by atoms with E-state index in [0.717, 1.165) is 0 Å². The summed E-state index contributed by atoms with van der Waals surface area (Å²) in [6, 6.07) is 4.13. The van der Waals surface area contributed by atoms with Gasteiger partial charge in [-0.05, 0) is 24.6 Å². The van der Waals surface area contributed by atoms with Gasteiger partial charge in [0.15, 0.2) is 0 Å². The number of alkyl halides is 3. The molecule has 1 aliphatic heterocycles. The average molecular weight is 372 g/mol. The Morgan fingerprint density at radius 3 is 2.43 bits per heavy atom. The minimum atomic E-state index is -4.80. The van der Waals surface area contributed by atoms with Crippen LogP contribution in [-0.4, -0.2) is 43.1 Å². The maximum absolute atomic E-state index is 13.0. The van der Waals surface area contributed by atoms with Crippen LogP contribution < -0.4 is 0 Å². The molecule has 1 N–H and O–H groups in total. The number of carbonyl (C=O) groups is 1. The number of hydrogen-bond acceptors (Lipinski definition) is 3. The fourth-order valence-corrected chi connectivity index (χ4v) is 4.54. The highest BCUT2D eigenvalue weighted by molar-refractivity contribution is 7.89. The van der Waals surface area contributed by atoms with Crippen LogP contribution in [0.2, 0.25) is 5.02 Å². The molecule has 128 valence electrons. The van der Waals surface area contributed by atoms with E-state index in [1.54, 1.807) is 13.0 Å². The minimum Gasteiger partial charge on any atom is -0.481 e. The molecule has 1 fully saturated rings. The van der Waals surface area contributed by atoms with Crippen LogP contribution in [0, 0.1) is 18.8 Å². The van der Waals surface area contributed by atoms with Gasteiger partial charge in [-0.1, -0.05) is 17.7 Å². The van der Waals surface area contributed by atoms with Gasteiger partial charge in [0.05, 0.1) is 16.9 Å². The number of carboxylic acids is 1. The fourth-order valence-electron chi connectivity index (χ4n) is 2.49. The molecule has 0 unspecified atom stereocenters. The van der Waals surface area contributed by atoms with Gasteiger partial charge in [0.25, 0.3) is 0 Å². The van der Waals surface area contributed by atoms with Crippen molar-refractivity contribution in [1.82, 2.24) is 4.31 Å². The summed E-state index contributed by atoms with van der Waals surface area (Å²) in [4.78, 5) is 10.7. The first-order valence-electron chi connectivity index (χ1n) is 6.50. The van der Waals surface area contributed by atoms with Crippen LogP contribution in [0.1, 0.15) is 5.56 Å². The molecule has 0 aliphatic carbocycles. The van der Waals surface area contributed by atoms with Gasteiger partial charge in [-0.15, -0.1) is 0 Å². The summed E-state index contributed by atoms with van der Waals surface area (Å²) in [6.45, 7) is -0.0723. The lowest BCUT2D eigenvalue weighted by Crippen LogP contribution is -2.34. The summed E-state index contributed by atoms with van der Waals surface area (Å²) in [5, 5.41) is 8.83. The van der Waals surface area contributed by atoms with Gasteiger partial charge >= 0.3 is 12.1 Å². The van der Waals surface area contributed by atoms with Crippen LogP contribution in [0.15, 0.2) is 23.1 Å². The number of nitrogens with zero attached hydrogens (tertiary/aromatic N) is 1. The van der Waals surface area contributed by atoms with Crippen LogP contribution in [0.25, 0.3) is 0 Å². The molecule has 0 radical (unpaired) electrons. The van der Waals surface area contributed by atoms with Crippen LogP contribution in [-0.2, 0) is 14.8 Å². The van der Waals surface area contributed by atoms with Gasteiger partial charge in [0, 0.05) is 13.1 Å². The Bertz CT molecular complexity index is 735. The summed E-state index contributed by atoms with van der Waals surface area (Å²) in [6.07, 6.45) is -4.80. The molecule has 1 aliphatic rings. The van der Waals surface area contributed by atoms with Gasteiger partial charge in [-0.2, -0.15) is 17.5 Å². The van der Waals surface area contributed by atoms with Crippen LogP contribution in [0.3, 0.4) is 0 Å². The van der Waals surface area contributed by atoms with Crippen LogP contribution in [0.4, 0.5) is 13.2 Å². The van der Waals surface area contributed by atoms with Crippen molar-refractivity contribution in [2.45, 2.75) is 18.0 Å². The zero-order chi connectivity index (χ0) is 17.6. The number of sulfonamides is 1. The molecule has 23 heavy (non-hydrogen) atoms. The summed E-state index contributed by atoms with van der Waals surface area (Å²) >= 11 is 5.84. The molecule has 1 aromatic rings. The van der Waals surface area contributed by atoms with Crippen molar-refractivity contribution < 1.29 is 31.5 Å². The molecule has 2 atom stereocenters. The third-order valence-electron chi connectivity index (χ3n) is 3.73. The maximum Gasteiger partial charge on any atom is 0.393 e. The Labute approximate surface area is 135 Å². The second-order valence-electron chi connectivity index (χ2n) is 5.35. The highest BCUT2D eigenvalue weighted by Crippen LogP contribution is 2.40. The smallest absolute Gasteiger partial charge is 0.393 e. The molecule has 1 aromatic carbocycles. The number of rotatable bonds is 3. The van der Waals surface area contributed by atoms with Crippen molar-refractivity contribution in [1.29, 1.82) is 0 Å². The molecule has 1 heterocycles. The number of hydrogen-bond donors (Lipinski definition) is 1. The first-order valence-corrected chi connectivity index (χ1v) is 8.32. The monoisotopic (exact) mass is 371 g/mol. The summed E-state index contributed by atoms with van der Waals surface area (Å²) in [5.41, 5.74) is 0.564. The largest absolute Gasteiger partial charge is 0.481 e. The van der Waals surface area contributed by atoms with Crippen molar-refractivity contribution >= 4 is 27.6 Å². The standard InChI is InChI=1S/C13H13ClF3NO4S/c1-7-2-3-10(14)11(4-7)23(21,22)18-5-8(12(19)20)9(6-18)13(15,16)17/h2-4,8-9H,5-6H2,1H3,(H,19,20)/t8-,9-/m1/s1. The minimum absolute atomic E-state index is 0.127. The lowest BCUT2D eigenvalue weighted by atomic mass is 9.96. The Morgan fingerprint density at radius 1 is 1.35 bits per heavy atom. The first kappa shape index (κ1) is 18.0. The molecular formula is C13H13ClF3NO4S. The van der Waals surface area contributed by atoms with E-state index in [1.165, 1.54) is 12.1 Å². The topological polar surface area (TPSA) is 74.7 Å². The zero-order valence-electron chi connectivity index (χ0n) is 11.8. The number of benzene rings is 1. The highest BCUT2D eigenvalue weighted by Gasteiger charge is 2.55. The molecule has 0 amide bonds. The van der Waals surface area contributed by atoms with Crippen molar-refractivity contribution in [3.63, 3.8) is 0 Å². The van der Waals surface area contributed by atoms with E-state index in [4.69, 9.17) is 16.7 Å². The molecular weight excluding hydrogens is 359 g/mol. The normalized spacial score (nSPS) is 23.2. The van der Waals surface area contributed by atoms with Crippen LogP contribution >= 0.6 is 11.6 Å². The third-order valence-corrected chi connectivity index (χ3v) is 6.04. The predicted octanol–water partition coefficient (Wildman–Crippen LogP) is 2.53. The summed E-state index contributed by atoms with van der Waals surface area (Å²) in [7, 11) is -4.31. The second kappa shape index (κ2) is 5.95. The average Bonchev–Trinajstić information content (AvgIpc) is 2.87. The van der Waals surface area contributed by atoms with E-state index in [2.05, 4.69) is 0 Å². The Hall–Kier alpha value is -1.32. The number of aryl methyl sites for hydroxylation is 1. The molecule has 10 heteroatoms. The Balaban J connectivity index is 2.42. The number of carboxylic acid groups (broad SMARTS) is 1. The van der Waals surface area contributed by atoms with Crippen molar-refractivity contribution in [3.8, 4) is 0 Å². The van der Waals surface area contributed by atoms with Crippen molar-refractivity contribution in [3.05, 3.63) is 28.8 Å². The van der Waals surface area contributed by atoms with Gasteiger partial charge in [-0.3, -0.25) is 4.79 Å². The van der Waals surface area contributed by atoms with E-state index in [1.807, 2.05) is 0 Å². The maximum atomic E-state index is 13.0. The molecule has 0 saturated carbocycles. The van der Waals surface area contributed by atoms with Crippen molar-refractivity contribution in [2.24, 2.45) is 11.8 Å².